The third-order valence-corrected chi connectivity index (χ3v) is 10.3. The largest absolute Gasteiger partial charge is 0.497 e. The molecule has 0 saturated carbocycles. The number of hydrogen-bond acceptors (Lipinski definition) is 6. The van der Waals surface area contributed by atoms with Crippen molar-refractivity contribution in [2.45, 2.75) is 44.7 Å². The van der Waals surface area contributed by atoms with E-state index in [-0.39, 0.29) is 46.1 Å². The summed E-state index contributed by atoms with van der Waals surface area (Å²) in [4.78, 5) is 30.1. The van der Waals surface area contributed by atoms with Crippen LogP contribution in [0, 0.1) is 12.8 Å². The zero-order chi connectivity index (χ0) is 35.7. The fourth-order valence-electron chi connectivity index (χ4n) is 5.15. The van der Waals surface area contributed by atoms with E-state index in [1.54, 1.807) is 42.5 Å². The lowest BCUT2D eigenvalue weighted by Gasteiger charge is -2.34. The molecule has 49 heavy (non-hydrogen) atoms. The maximum absolute atomic E-state index is 14.8. The van der Waals surface area contributed by atoms with Gasteiger partial charge in [0.25, 0.3) is 10.0 Å². The molecule has 9 nitrogen and oxygen atoms in total. The van der Waals surface area contributed by atoms with Crippen LogP contribution in [0.2, 0.25) is 10.0 Å². The molecule has 0 aliphatic carbocycles. The molecule has 0 aliphatic heterocycles. The number of aryl methyl sites for hydroxylation is 1. The lowest BCUT2D eigenvalue weighted by molar-refractivity contribution is -0.140. The summed E-state index contributed by atoms with van der Waals surface area (Å²) in [6.45, 7) is 5.45. The van der Waals surface area contributed by atoms with Crippen molar-refractivity contribution < 1.29 is 27.5 Å². The van der Waals surface area contributed by atoms with Gasteiger partial charge in [0, 0.05) is 25.6 Å². The third-order valence-electron chi connectivity index (χ3n) is 7.84. The number of carbonyl (C=O) groups is 2. The van der Waals surface area contributed by atoms with Crippen molar-refractivity contribution in [2.75, 3.05) is 31.6 Å². The van der Waals surface area contributed by atoms with Crippen LogP contribution in [0.5, 0.6) is 11.5 Å². The zero-order valence-corrected chi connectivity index (χ0v) is 30.5. The van der Waals surface area contributed by atoms with Crippen molar-refractivity contribution in [2.24, 2.45) is 5.92 Å². The molecule has 260 valence electrons. The van der Waals surface area contributed by atoms with Crippen LogP contribution in [-0.2, 0) is 32.6 Å². The van der Waals surface area contributed by atoms with E-state index < -0.39 is 28.5 Å². The van der Waals surface area contributed by atoms with Gasteiger partial charge in [-0.1, -0.05) is 91.1 Å². The average molecular weight is 727 g/mol. The van der Waals surface area contributed by atoms with Gasteiger partial charge in [0.15, 0.2) is 0 Å². The molecule has 0 saturated heterocycles. The molecule has 1 N–H and O–H groups in total. The lowest BCUT2D eigenvalue weighted by atomic mass is 10.0. The van der Waals surface area contributed by atoms with Gasteiger partial charge in [-0.2, -0.15) is 0 Å². The Kier molecular flexibility index (Phi) is 13.0. The molecule has 0 fully saturated rings. The molecular weight excluding hydrogens is 685 g/mol. The third kappa shape index (κ3) is 9.68. The van der Waals surface area contributed by atoms with Crippen LogP contribution >= 0.6 is 23.2 Å². The number of carbonyl (C=O) groups excluding carboxylic acids is 2. The average Bonchev–Trinajstić information content (AvgIpc) is 3.09. The highest BCUT2D eigenvalue weighted by atomic mass is 35.5. The van der Waals surface area contributed by atoms with E-state index in [9.17, 15) is 18.0 Å². The summed E-state index contributed by atoms with van der Waals surface area (Å²) >= 11 is 12.6. The first-order valence-corrected chi connectivity index (χ1v) is 17.9. The SMILES string of the molecule is COc1ccc(OC)c(N(CC(=O)N(Cc2ccc(Cl)c(Cl)c2)[C@H](Cc2ccccc2)C(=O)NCC(C)C)S(=O)(=O)c2ccc(C)cc2)c1. The molecule has 4 aromatic carbocycles. The van der Waals surface area contributed by atoms with Gasteiger partial charge in [-0.05, 0) is 60.4 Å². The Balaban J connectivity index is 1.87. The van der Waals surface area contributed by atoms with Crippen molar-refractivity contribution in [3.05, 3.63) is 118 Å². The van der Waals surface area contributed by atoms with Gasteiger partial charge in [-0.25, -0.2) is 8.42 Å². The zero-order valence-electron chi connectivity index (χ0n) is 28.2. The minimum Gasteiger partial charge on any atom is -0.497 e. The van der Waals surface area contributed by atoms with Gasteiger partial charge in [0.05, 0.1) is 34.8 Å². The van der Waals surface area contributed by atoms with E-state index >= 15 is 0 Å². The standard InChI is InChI=1S/C37H41Cl2N3O6S/c1-25(2)22-40-37(44)34(20-27-9-7-6-8-10-27)41(23-28-13-17-31(38)32(39)19-28)36(43)24-42(33-21-29(47-4)14-18-35(33)48-5)49(45,46)30-15-11-26(3)12-16-30/h6-19,21,25,34H,20,22-24H2,1-5H3,(H,40,44)/t34-/m1/s1. The predicted octanol–water partition coefficient (Wildman–Crippen LogP) is 6.93. The molecule has 0 aliphatic rings. The quantitative estimate of drug-likeness (QED) is 0.143. The van der Waals surface area contributed by atoms with Crippen molar-refractivity contribution in [3.63, 3.8) is 0 Å². The molecule has 0 heterocycles. The number of ether oxygens (including phenoxy) is 2. The molecule has 0 aromatic heterocycles. The van der Waals surface area contributed by atoms with Gasteiger partial charge in [0.1, 0.15) is 24.1 Å². The molecule has 12 heteroatoms. The minimum atomic E-state index is -4.36. The van der Waals surface area contributed by atoms with Crippen LogP contribution in [0.25, 0.3) is 0 Å². The number of sulfonamides is 1. The van der Waals surface area contributed by atoms with E-state index in [1.807, 2.05) is 51.1 Å². The molecule has 2 amide bonds. The van der Waals surface area contributed by atoms with Crippen LogP contribution in [-0.4, -0.2) is 58.5 Å². The molecule has 0 spiro atoms. The van der Waals surface area contributed by atoms with Crippen LogP contribution in [0.15, 0.2) is 95.9 Å². The first kappa shape index (κ1) is 37.6. The van der Waals surface area contributed by atoms with Crippen molar-refractivity contribution in [1.29, 1.82) is 0 Å². The molecular formula is C37H41Cl2N3O6S. The first-order chi connectivity index (χ1) is 23.3. The highest BCUT2D eigenvalue weighted by molar-refractivity contribution is 7.92. The Labute approximate surface area is 298 Å². The number of anilines is 1. The lowest BCUT2D eigenvalue weighted by Crippen LogP contribution is -2.53. The molecule has 0 bridgehead atoms. The Morgan fingerprint density at radius 2 is 1.53 bits per heavy atom. The molecule has 1 atom stereocenters. The number of halogens is 2. The van der Waals surface area contributed by atoms with Gasteiger partial charge < -0.3 is 19.7 Å². The normalized spacial score (nSPS) is 11.9. The highest BCUT2D eigenvalue weighted by Gasteiger charge is 2.36. The number of rotatable bonds is 15. The fraction of sp³-hybridized carbons (Fsp3) is 0.297. The predicted molar refractivity (Wildman–Crippen MR) is 194 cm³/mol. The number of nitrogens with one attached hydrogen (secondary N) is 1. The minimum absolute atomic E-state index is 0.0256. The Bertz CT molecular complexity index is 1850. The summed E-state index contributed by atoms with van der Waals surface area (Å²) in [5.41, 5.74) is 2.38. The maximum atomic E-state index is 14.8. The van der Waals surface area contributed by atoms with Crippen LogP contribution in [0.3, 0.4) is 0 Å². The number of hydrogen-bond donors (Lipinski definition) is 1. The Hall–Kier alpha value is -4.25. The summed E-state index contributed by atoms with van der Waals surface area (Å²) in [6.07, 6.45) is 0.172. The maximum Gasteiger partial charge on any atom is 0.264 e. The van der Waals surface area contributed by atoms with E-state index in [2.05, 4.69) is 5.32 Å². The first-order valence-electron chi connectivity index (χ1n) is 15.7. The monoisotopic (exact) mass is 725 g/mol. The van der Waals surface area contributed by atoms with Gasteiger partial charge >= 0.3 is 0 Å². The van der Waals surface area contributed by atoms with Gasteiger partial charge in [-0.15, -0.1) is 0 Å². The van der Waals surface area contributed by atoms with E-state index in [0.717, 1.165) is 15.4 Å². The molecule has 0 radical (unpaired) electrons. The second-order valence-corrected chi connectivity index (χ2v) is 14.7. The van der Waals surface area contributed by atoms with E-state index in [1.165, 1.54) is 37.3 Å². The van der Waals surface area contributed by atoms with E-state index in [0.29, 0.717) is 22.9 Å². The van der Waals surface area contributed by atoms with Gasteiger partial charge in [0.2, 0.25) is 11.8 Å². The van der Waals surface area contributed by atoms with Crippen molar-refractivity contribution >= 4 is 50.7 Å². The van der Waals surface area contributed by atoms with Crippen molar-refractivity contribution in [3.8, 4) is 11.5 Å². The summed E-state index contributed by atoms with van der Waals surface area (Å²) in [5, 5.41) is 3.59. The molecule has 4 aromatic rings. The summed E-state index contributed by atoms with van der Waals surface area (Å²) in [7, 11) is -1.49. The van der Waals surface area contributed by atoms with Crippen LogP contribution in [0.4, 0.5) is 5.69 Å². The second kappa shape index (κ2) is 16.9. The Morgan fingerprint density at radius 1 is 0.837 bits per heavy atom. The summed E-state index contributed by atoms with van der Waals surface area (Å²) in [5.74, 6) is -0.299. The number of amides is 2. The van der Waals surface area contributed by atoms with E-state index in [4.69, 9.17) is 32.7 Å². The van der Waals surface area contributed by atoms with Crippen molar-refractivity contribution in [1.82, 2.24) is 10.2 Å². The van der Waals surface area contributed by atoms with Crippen LogP contribution in [0.1, 0.15) is 30.5 Å². The van der Waals surface area contributed by atoms with Crippen LogP contribution < -0.4 is 19.1 Å². The highest BCUT2D eigenvalue weighted by Crippen LogP contribution is 2.36. The topological polar surface area (TPSA) is 105 Å². The number of nitrogens with zero attached hydrogens (tertiary/aromatic N) is 2. The molecule has 4 rings (SSSR count). The summed E-state index contributed by atoms with van der Waals surface area (Å²) < 4.78 is 40.9. The second-order valence-electron chi connectivity index (χ2n) is 12.0. The van der Waals surface area contributed by atoms with Gasteiger partial charge in [-0.3, -0.25) is 13.9 Å². The smallest absolute Gasteiger partial charge is 0.264 e. The number of benzene rings is 4. The summed E-state index contributed by atoms with van der Waals surface area (Å²) in [6, 6.07) is 24.3. The Morgan fingerprint density at radius 3 is 2.14 bits per heavy atom. The molecule has 0 unspecified atom stereocenters. The number of methoxy groups -OCH3 is 2. The fourth-order valence-corrected chi connectivity index (χ4v) is 6.89.